The largest absolute Gasteiger partial charge is 0.493 e. The van der Waals surface area contributed by atoms with Gasteiger partial charge in [0.25, 0.3) is 5.91 Å². The van der Waals surface area contributed by atoms with Gasteiger partial charge in [0, 0.05) is 31.3 Å². The Balaban J connectivity index is 2.02. The van der Waals surface area contributed by atoms with Crippen molar-refractivity contribution in [2.45, 2.75) is 38.6 Å². The van der Waals surface area contributed by atoms with Crippen molar-refractivity contribution in [2.24, 2.45) is 0 Å². The molecular formula is C27H36FN3O4. The van der Waals surface area contributed by atoms with Crippen LogP contribution in [0.4, 0.5) is 4.39 Å². The number of halogens is 1. The molecule has 7 nitrogen and oxygen atoms in total. The molecule has 0 spiro atoms. The van der Waals surface area contributed by atoms with E-state index in [9.17, 15) is 14.0 Å². The number of ether oxygens (including phenoxy) is 2. The predicted octanol–water partition coefficient (Wildman–Crippen LogP) is 3.99. The summed E-state index contributed by atoms with van der Waals surface area (Å²) in [6.07, 6.45) is 2.07. The van der Waals surface area contributed by atoms with Gasteiger partial charge in [-0.1, -0.05) is 32.0 Å². The lowest BCUT2D eigenvalue weighted by Crippen LogP contribution is -2.47. The maximum absolute atomic E-state index is 15.0. The smallest absolute Gasteiger partial charge is 0.254 e. The normalized spacial score (nSPS) is 17.3. The molecule has 0 radical (unpaired) electrons. The highest BCUT2D eigenvalue weighted by Crippen LogP contribution is 2.46. The molecule has 1 aliphatic heterocycles. The predicted molar refractivity (Wildman–Crippen MR) is 134 cm³/mol. The fourth-order valence-electron chi connectivity index (χ4n) is 4.85. The molecule has 0 saturated heterocycles. The van der Waals surface area contributed by atoms with E-state index >= 15 is 0 Å². The van der Waals surface area contributed by atoms with Crippen LogP contribution in [0.25, 0.3) is 0 Å². The highest BCUT2D eigenvalue weighted by molar-refractivity contribution is 6.02. The van der Waals surface area contributed by atoms with Crippen LogP contribution in [0.5, 0.6) is 11.5 Å². The topological polar surface area (TPSA) is 71.1 Å². The van der Waals surface area contributed by atoms with E-state index in [-0.39, 0.29) is 11.8 Å². The number of fused-ring (bicyclic) bond motifs is 1. The van der Waals surface area contributed by atoms with E-state index in [4.69, 9.17) is 9.47 Å². The first-order chi connectivity index (χ1) is 16.9. The van der Waals surface area contributed by atoms with Gasteiger partial charge in [0.05, 0.1) is 26.2 Å². The molecule has 2 atom stereocenters. The Morgan fingerprint density at radius 1 is 1.03 bits per heavy atom. The molecule has 0 aromatic heterocycles. The number of hydrogen-bond donors (Lipinski definition) is 1. The molecule has 8 heteroatoms. The molecule has 1 aliphatic rings. The third kappa shape index (κ3) is 5.59. The Morgan fingerprint density at radius 3 is 2.26 bits per heavy atom. The van der Waals surface area contributed by atoms with Crippen molar-refractivity contribution in [3.63, 3.8) is 0 Å². The molecule has 0 saturated carbocycles. The lowest BCUT2D eigenvalue weighted by Gasteiger charge is -2.40. The zero-order valence-electron chi connectivity index (χ0n) is 21.3. The minimum Gasteiger partial charge on any atom is -0.493 e. The van der Waals surface area contributed by atoms with Crippen LogP contribution >= 0.6 is 0 Å². The van der Waals surface area contributed by atoms with Crippen molar-refractivity contribution >= 4 is 11.8 Å². The minimum absolute atomic E-state index is 0.265. The number of carbonyl (C=O) groups excluding carboxylic acids is 2. The first-order valence-electron chi connectivity index (χ1n) is 12.1. The SMILES string of the molecule is CCCN(CCC)CCNC(=O)[C@H]1c2cc(OC)c(OC)cc2C(=O)N(C)[C@@H]1c1ccccc1F. The second-order valence-electron chi connectivity index (χ2n) is 8.79. The fraction of sp³-hybridized carbons (Fsp3) is 0.481. The molecule has 0 bridgehead atoms. The van der Waals surface area contributed by atoms with Gasteiger partial charge in [-0.15, -0.1) is 0 Å². The average Bonchev–Trinajstić information content (AvgIpc) is 2.86. The number of rotatable bonds is 11. The highest BCUT2D eigenvalue weighted by atomic mass is 19.1. The molecule has 0 unspecified atom stereocenters. The molecule has 0 fully saturated rings. The molecule has 2 amide bonds. The van der Waals surface area contributed by atoms with Crippen molar-refractivity contribution in [2.75, 3.05) is 47.4 Å². The molecule has 1 N–H and O–H groups in total. The molecule has 3 rings (SSSR count). The Morgan fingerprint density at radius 2 is 1.66 bits per heavy atom. The molecular weight excluding hydrogens is 449 g/mol. The van der Waals surface area contributed by atoms with Crippen LogP contribution < -0.4 is 14.8 Å². The highest BCUT2D eigenvalue weighted by Gasteiger charge is 2.44. The van der Waals surface area contributed by atoms with E-state index in [2.05, 4.69) is 24.1 Å². The summed E-state index contributed by atoms with van der Waals surface area (Å²) in [5.74, 6) is -1.06. The number of carbonyl (C=O) groups is 2. The van der Waals surface area contributed by atoms with Gasteiger partial charge in [0.15, 0.2) is 11.5 Å². The minimum atomic E-state index is -0.824. The number of hydrogen-bond acceptors (Lipinski definition) is 5. The van der Waals surface area contributed by atoms with Crippen LogP contribution in [-0.4, -0.2) is 69.1 Å². The van der Waals surface area contributed by atoms with Crippen molar-refractivity contribution in [1.82, 2.24) is 15.1 Å². The van der Waals surface area contributed by atoms with Gasteiger partial charge in [-0.25, -0.2) is 4.39 Å². The first kappa shape index (κ1) is 26.5. The van der Waals surface area contributed by atoms with Crippen LogP contribution in [0, 0.1) is 5.82 Å². The Kier molecular flexibility index (Phi) is 9.09. The van der Waals surface area contributed by atoms with Gasteiger partial charge >= 0.3 is 0 Å². The van der Waals surface area contributed by atoms with Gasteiger partial charge in [-0.2, -0.15) is 0 Å². The molecule has 2 aromatic carbocycles. The van der Waals surface area contributed by atoms with Gasteiger partial charge in [-0.05, 0) is 49.7 Å². The number of methoxy groups -OCH3 is 2. The monoisotopic (exact) mass is 485 g/mol. The van der Waals surface area contributed by atoms with E-state index in [1.807, 2.05) is 0 Å². The second-order valence-corrected chi connectivity index (χ2v) is 8.79. The van der Waals surface area contributed by atoms with Crippen molar-refractivity contribution in [1.29, 1.82) is 0 Å². The van der Waals surface area contributed by atoms with Gasteiger partial charge in [0.2, 0.25) is 5.91 Å². The standard InChI is InChI=1S/C27H36FN3O4/c1-6-13-31(14-7-2)15-12-29-26(32)24-19-16-22(34-4)23(35-5)17-20(19)27(33)30(3)25(24)18-10-8-9-11-21(18)28/h8-11,16-17,24-25H,6-7,12-15H2,1-5H3,(H,29,32)/t24-,25+/m0/s1. The van der Waals surface area contributed by atoms with Crippen LogP contribution in [0.1, 0.15) is 60.1 Å². The Hall–Kier alpha value is -3.13. The van der Waals surface area contributed by atoms with E-state index in [0.29, 0.717) is 34.7 Å². The lowest BCUT2D eigenvalue weighted by molar-refractivity contribution is -0.124. The average molecular weight is 486 g/mol. The third-order valence-corrected chi connectivity index (χ3v) is 6.49. The summed E-state index contributed by atoms with van der Waals surface area (Å²) in [6.45, 7) is 7.36. The Bertz CT molecular complexity index is 1040. The van der Waals surface area contributed by atoms with Gasteiger partial charge < -0.3 is 24.6 Å². The number of likely N-dealkylation sites (N-methyl/N-ethyl adjacent to an activating group) is 1. The maximum Gasteiger partial charge on any atom is 0.254 e. The van der Waals surface area contributed by atoms with Crippen molar-refractivity contribution in [3.8, 4) is 11.5 Å². The third-order valence-electron chi connectivity index (χ3n) is 6.49. The number of amides is 2. The number of nitrogens with zero attached hydrogens (tertiary/aromatic N) is 2. The Labute approximate surface area is 207 Å². The summed E-state index contributed by atoms with van der Waals surface area (Å²) in [6, 6.07) is 8.73. The zero-order valence-corrected chi connectivity index (χ0v) is 21.3. The van der Waals surface area contributed by atoms with E-state index in [0.717, 1.165) is 32.5 Å². The fourth-order valence-corrected chi connectivity index (χ4v) is 4.85. The van der Waals surface area contributed by atoms with Crippen molar-refractivity contribution in [3.05, 3.63) is 58.9 Å². The molecule has 2 aromatic rings. The second kappa shape index (κ2) is 12.0. The summed E-state index contributed by atoms with van der Waals surface area (Å²) < 4.78 is 25.8. The summed E-state index contributed by atoms with van der Waals surface area (Å²) in [5.41, 5.74) is 1.13. The maximum atomic E-state index is 15.0. The zero-order chi connectivity index (χ0) is 25.5. The van der Waals surface area contributed by atoms with E-state index < -0.39 is 17.8 Å². The van der Waals surface area contributed by atoms with Crippen molar-refractivity contribution < 1.29 is 23.5 Å². The van der Waals surface area contributed by atoms with E-state index in [1.165, 1.54) is 25.2 Å². The molecule has 35 heavy (non-hydrogen) atoms. The number of nitrogens with one attached hydrogen (secondary N) is 1. The van der Waals surface area contributed by atoms with Crippen LogP contribution in [-0.2, 0) is 4.79 Å². The summed E-state index contributed by atoms with van der Waals surface area (Å²) in [4.78, 5) is 30.8. The number of benzene rings is 2. The van der Waals surface area contributed by atoms with Crippen LogP contribution in [0.15, 0.2) is 36.4 Å². The lowest BCUT2D eigenvalue weighted by atomic mass is 9.79. The summed E-state index contributed by atoms with van der Waals surface area (Å²) in [5, 5.41) is 3.05. The quantitative estimate of drug-likeness (QED) is 0.521. The summed E-state index contributed by atoms with van der Waals surface area (Å²) >= 11 is 0. The van der Waals surface area contributed by atoms with Gasteiger partial charge in [0.1, 0.15) is 5.82 Å². The van der Waals surface area contributed by atoms with Gasteiger partial charge in [-0.3, -0.25) is 9.59 Å². The van der Waals surface area contributed by atoms with Crippen LogP contribution in [0.3, 0.4) is 0 Å². The summed E-state index contributed by atoms with van der Waals surface area (Å²) in [7, 11) is 4.59. The molecule has 190 valence electrons. The van der Waals surface area contributed by atoms with Crippen LogP contribution in [0.2, 0.25) is 0 Å². The molecule has 1 heterocycles. The van der Waals surface area contributed by atoms with E-state index in [1.54, 1.807) is 37.4 Å². The first-order valence-corrected chi connectivity index (χ1v) is 12.1. The molecule has 0 aliphatic carbocycles.